The molecule has 0 radical (unpaired) electrons. The maximum absolute atomic E-state index is 5.81. The van der Waals surface area contributed by atoms with Gasteiger partial charge < -0.3 is 5.73 Å². The van der Waals surface area contributed by atoms with Gasteiger partial charge in [-0.1, -0.05) is 13.3 Å². The van der Waals surface area contributed by atoms with Crippen LogP contribution in [0, 0.1) is 6.92 Å². The van der Waals surface area contributed by atoms with Gasteiger partial charge in [-0.2, -0.15) is 10.2 Å². The second-order valence-corrected chi connectivity index (χ2v) is 3.64. The van der Waals surface area contributed by atoms with Gasteiger partial charge in [0.2, 0.25) is 0 Å². The second-order valence-electron chi connectivity index (χ2n) is 3.64. The van der Waals surface area contributed by atoms with Crippen LogP contribution in [0.3, 0.4) is 0 Å². The summed E-state index contributed by atoms with van der Waals surface area (Å²) in [5.74, 6) is 0.584. The number of aromatic amines is 2. The molecule has 0 atom stereocenters. The number of aromatic nitrogens is 4. The molecule has 2 rings (SSSR count). The molecule has 0 bridgehead atoms. The third-order valence-electron chi connectivity index (χ3n) is 2.48. The molecule has 0 spiro atoms. The van der Waals surface area contributed by atoms with Crippen molar-refractivity contribution in [2.75, 3.05) is 5.73 Å². The Balaban J connectivity index is 2.49. The number of hydrogen-bond acceptors (Lipinski definition) is 3. The van der Waals surface area contributed by atoms with E-state index < -0.39 is 0 Å². The zero-order valence-electron chi connectivity index (χ0n) is 8.96. The molecule has 2 aromatic rings. The molecule has 0 aromatic carbocycles. The average molecular weight is 205 g/mol. The first kappa shape index (κ1) is 9.76. The second kappa shape index (κ2) is 3.76. The molecule has 0 unspecified atom stereocenters. The summed E-state index contributed by atoms with van der Waals surface area (Å²) in [5.41, 5.74) is 9.91. The third kappa shape index (κ3) is 1.60. The number of nitrogen functional groups attached to an aromatic ring is 1. The highest BCUT2D eigenvalue weighted by Gasteiger charge is 2.14. The van der Waals surface area contributed by atoms with Crippen molar-refractivity contribution in [1.82, 2.24) is 20.4 Å². The molecule has 0 fully saturated rings. The summed E-state index contributed by atoms with van der Waals surface area (Å²) in [6.45, 7) is 4.13. The first-order valence-electron chi connectivity index (χ1n) is 5.07. The molecule has 2 aromatic heterocycles. The predicted octanol–water partition coefficient (Wildman–Crippen LogP) is 1.64. The minimum Gasteiger partial charge on any atom is -0.382 e. The summed E-state index contributed by atoms with van der Waals surface area (Å²) in [6.07, 6.45) is 3.77. The van der Waals surface area contributed by atoms with Gasteiger partial charge in [0.1, 0.15) is 5.82 Å². The van der Waals surface area contributed by atoms with Crippen LogP contribution in [-0.4, -0.2) is 20.4 Å². The van der Waals surface area contributed by atoms with Crippen LogP contribution in [-0.2, 0) is 6.42 Å². The molecule has 0 aliphatic rings. The Morgan fingerprint density at radius 2 is 2.13 bits per heavy atom. The van der Waals surface area contributed by atoms with Crippen molar-refractivity contribution >= 4 is 5.82 Å². The van der Waals surface area contributed by atoms with E-state index in [9.17, 15) is 0 Å². The molecular formula is C10H15N5. The summed E-state index contributed by atoms with van der Waals surface area (Å²) in [6, 6.07) is 0. The van der Waals surface area contributed by atoms with E-state index in [2.05, 4.69) is 27.3 Å². The van der Waals surface area contributed by atoms with Crippen molar-refractivity contribution in [1.29, 1.82) is 0 Å². The van der Waals surface area contributed by atoms with E-state index in [1.54, 1.807) is 6.20 Å². The van der Waals surface area contributed by atoms with E-state index in [-0.39, 0.29) is 0 Å². The van der Waals surface area contributed by atoms with E-state index >= 15 is 0 Å². The van der Waals surface area contributed by atoms with Crippen molar-refractivity contribution in [2.24, 2.45) is 0 Å². The fourth-order valence-electron chi connectivity index (χ4n) is 1.69. The van der Waals surface area contributed by atoms with E-state index in [1.165, 1.54) is 0 Å². The minimum atomic E-state index is 0.584. The van der Waals surface area contributed by atoms with Crippen molar-refractivity contribution < 1.29 is 0 Å². The van der Waals surface area contributed by atoms with Crippen LogP contribution in [0.4, 0.5) is 5.82 Å². The van der Waals surface area contributed by atoms with Crippen LogP contribution in [0.25, 0.3) is 11.4 Å². The lowest BCUT2D eigenvalue weighted by Crippen LogP contribution is -1.93. The van der Waals surface area contributed by atoms with E-state index in [4.69, 9.17) is 5.73 Å². The van der Waals surface area contributed by atoms with Gasteiger partial charge in [-0.05, 0) is 18.9 Å². The summed E-state index contributed by atoms with van der Waals surface area (Å²) in [5, 5.41) is 13.9. The monoisotopic (exact) mass is 205 g/mol. The molecule has 5 heteroatoms. The lowest BCUT2D eigenvalue weighted by Gasteiger charge is -2.01. The first-order chi connectivity index (χ1) is 7.24. The summed E-state index contributed by atoms with van der Waals surface area (Å²) >= 11 is 0. The predicted molar refractivity (Wildman–Crippen MR) is 59.3 cm³/mol. The standard InChI is InChI=1S/C10H15N5/c1-3-4-7-9(14-15-10(7)11)8-6(2)5-12-13-8/h5H,3-4H2,1-2H3,(H,12,13)(H3,11,14,15). The molecular weight excluding hydrogens is 190 g/mol. The maximum Gasteiger partial charge on any atom is 0.149 e. The molecule has 0 aliphatic heterocycles. The van der Waals surface area contributed by atoms with Crippen LogP contribution in [0.1, 0.15) is 24.5 Å². The molecule has 0 amide bonds. The molecule has 4 N–H and O–H groups in total. The number of nitrogens with one attached hydrogen (secondary N) is 2. The topological polar surface area (TPSA) is 83.4 Å². The van der Waals surface area contributed by atoms with E-state index in [0.717, 1.165) is 35.4 Å². The lowest BCUT2D eigenvalue weighted by molar-refractivity contribution is 0.925. The van der Waals surface area contributed by atoms with Crippen molar-refractivity contribution in [3.05, 3.63) is 17.3 Å². The van der Waals surface area contributed by atoms with Crippen molar-refractivity contribution in [2.45, 2.75) is 26.7 Å². The van der Waals surface area contributed by atoms with Gasteiger partial charge in [-0.15, -0.1) is 0 Å². The van der Waals surface area contributed by atoms with Gasteiger partial charge in [0.15, 0.2) is 0 Å². The van der Waals surface area contributed by atoms with E-state index in [0.29, 0.717) is 5.82 Å². The first-order valence-corrected chi connectivity index (χ1v) is 5.07. The van der Waals surface area contributed by atoms with Crippen molar-refractivity contribution in [3.8, 4) is 11.4 Å². The van der Waals surface area contributed by atoms with Crippen molar-refractivity contribution in [3.63, 3.8) is 0 Å². The van der Waals surface area contributed by atoms with Gasteiger partial charge in [-0.3, -0.25) is 10.2 Å². The van der Waals surface area contributed by atoms with Gasteiger partial charge in [0.05, 0.1) is 17.6 Å². The summed E-state index contributed by atoms with van der Waals surface area (Å²) in [7, 11) is 0. The highest BCUT2D eigenvalue weighted by molar-refractivity contribution is 5.67. The quantitative estimate of drug-likeness (QED) is 0.712. The number of aryl methyl sites for hydroxylation is 1. The third-order valence-corrected chi connectivity index (χ3v) is 2.48. The molecule has 0 aliphatic carbocycles. The Kier molecular flexibility index (Phi) is 2.45. The van der Waals surface area contributed by atoms with Crippen LogP contribution < -0.4 is 5.73 Å². The highest BCUT2D eigenvalue weighted by Crippen LogP contribution is 2.26. The van der Waals surface area contributed by atoms with Gasteiger partial charge in [-0.25, -0.2) is 0 Å². The van der Waals surface area contributed by atoms with Crippen LogP contribution in [0.15, 0.2) is 6.20 Å². The number of H-pyrrole nitrogens is 2. The highest BCUT2D eigenvalue weighted by atomic mass is 15.2. The SMILES string of the molecule is CCCc1c(N)n[nH]c1-c1[nH]ncc1C. The molecule has 0 saturated carbocycles. The number of rotatable bonds is 3. The number of anilines is 1. The Bertz CT molecular complexity index is 454. The Hall–Kier alpha value is -1.78. The smallest absolute Gasteiger partial charge is 0.149 e. The Morgan fingerprint density at radius 1 is 1.33 bits per heavy atom. The van der Waals surface area contributed by atoms with Gasteiger partial charge in [0, 0.05) is 5.56 Å². The zero-order chi connectivity index (χ0) is 10.8. The van der Waals surface area contributed by atoms with Crippen LogP contribution in [0.2, 0.25) is 0 Å². The Labute approximate surface area is 88.1 Å². The summed E-state index contributed by atoms with van der Waals surface area (Å²) < 4.78 is 0. The number of nitrogens with zero attached hydrogens (tertiary/aromatic N) is 2. The number of hydrogen-bond donors (Lipinski definition) is 3. The van der Waals surface area contributed by atoms with E-state index in [1.807, 2.05) is 6.92 Å². The number of nitrogens with two attached hydrogens (primary N) is 1. The largest absolute Gasteiger partial charge is 0.382 e. The Morgan fingerprint density at radius 3 is 2.73 bits per heavy atom. The molecule has 5 nitrogen and oxygen atoms in total. The maximum atomic E-state index is 5.81. The fraction of sp³-hybridized carbons (Fsp3) is 0.400. The van der Waals surface area contributed by atoms with Gasteiger partial charge in [0.25, 0.3) is 0 Å². The van der Waals surface area contributed by atoms with Crippen LogP contribution in [0.5, 0.6) is 0 Å². The minimum absolute atomic E-state index is 0.584. The molecule has 0 saturated heterocycles. The average Bonchev–Trinajstić information content (AvgIpc) is 2.76. The van der Waals surface area contributed by atoms with Gasteiger partial charge >= 0.3 is 0 Å². The molecule has 15 heavy (non-hydrogen) atoms. The fourth-order valence-corrected chi connectivity index (χ4v) is 1.69. The summed E-state index contributed by atoms with van der Waals surface area (Å²) in [4.78, 5) is 0. The van der Waals surface area contributed by atoms with Crippen LogP contribution >= 0.6 is 0 Å². The zero-order valence-corrected chi connectivity index (χ0v) is 8.96. The molecule has 80 valence electrons. The lowest BCUT2D eigenvalue weighted by atomic mass is 10.1. The molecule has 2 heterocycles. The normalized spacial score (nSPS) is 10.8.